The van der Waals surface area contributed by atoms with E-state index in [1.807, 2.05) is 64.1 Å². The van der Waals surface area contributed by atoms with Crippen molar-refractivity contribution in [3.63, 3.8) is 0 Å². The monoisotopic (exact) mass is 430 g/mol. The Balaban J connectivity index is 2.20. The molecule has 6 heteroatoms. The lowest BCUT2D eigenvalue weighted by molar-refractivity contribution is -0.143. The molecule has 2 rings (SSSR count). The molecule has 0 aromatic heterocycles. The third-order valence-electron chi connectivity index (χ3n) is 5.00. The molecule has 0 bridgehead atoms. The maximum Gasteiger partial charge on any atom is 0.261 e. The standard InChI is InChI=1S/C24H31ClN2O3/c1-5-18(4)26-24(29)22(6-2)27(15-19-10-12-20(25)13-11-19)23(28)16-30-21-9-7-8-17(3)14-21/h7-14,18,22H,5-6,15-16H2,1-4H3,(H,26,29)/t18-,22-/m1/s1. The van der Waals surface area contributed by atoms with E-state index < -0.39 is 6.04 Å². The first-order chi connectivity index (χ1) is 14.3. The molecule has 0 radical (unpaired) electrons. The van der Waals surface area contributed by atoms with Crippen molar-refractivity contribution in [3.05, 3.63) is 64.7 Å². The van der Waals surface area contributed by atoms with Crippen LogP contribution in [0.2, 0.25) is 5.02 Å². The number of nitrogens with zero attached hydrogens (tertiary/aromatic N) is 1. The van der Waals surface area contributed by atoms with E-state index in [2.05, 4.69) is 5.32 Å². The lowest BCUT2D eigenvalue weighted by atomic mass is 10.1. The Morgan fingerprint density at radius 1 is 1.10 bits per heavy atom. The molecule has 0 aliphatic rings. The Bertz CT molecular complexity index is 839. The van der Waals surface area contributed by atoms with Gasteiger partial charge in [0.1, 0.15) is 11.8 Å². The molecule has 0 spiro atoms. The van der Waals surface area contributed by atoms with Crippen LogP contribution in [0, 0.1) is 6.92 Å². The number of hydrogen-bond acceptors (Lipinski definition) is 3. The fraction of sp³-hybridized carbons (Fsp3) is 0.417. The van der Waals surface area contributed by atoms with Crippen molar-refractivity contribution < 1.29 is 14.3 Å². The number of nitrogens with one attached hydrogen (secondary N) is 1. The van der Waals surface area contributed by atoms with Gasteiger partial charge in [-0.25, -0.2) is 0 Å². The predicted molar refractivity (Wildman–Crippen MR) is 121 cm³/mol. The van der Waals surface area contributed by atoms with Gasteiger partial charge in [0.15, 0.2) is 6.61 Å². The molecule has 1 N–H and O–H groups in total. The van der Waals surface area contributed by atoms with E-state index >= 15 is 0 Å². The summed E-state index contributed by atoms with van der Waals surface area (Å²) in [6.07, 6.45) is 1.33. The van der Waals surface area contributed by atoms with Gasteiger partial charge in [0.2, 0.25) is 5.91 Å². The normalized spacial score (nSPS) is 12.7. The lowest BCUT2D eigenvalue weighted by Crippen LogP contribution is -2.51. The van der Waals surface area contributed by atoms with Crippen LogP contribution in [-0.4, -0.2) is 35.4 Å². The predicted octanol–water partition coefficient (Wildman–Crippen LogP) is 4.75. The largest absolute Gasteiger partial charge is 0.484 e. The summed E-state index contributed by atoms with van der Waals surface area (Å²) in [5.74, 6) is 0.245. The van der Waals surface area contributed by atoms with Gasteiger partial charge < -0.3 is 15.0 Å². The van der Waals surface area contributed by atoms with Crippen LogP contribution in [-0.2, 0) is 16.1 Å². The molecule has 0 aliphatic carbocycles. The minimum Gasteiger partial charge on any atom is -0.484 e. The summed E-state index contributed by atoms with van der Waals surface area (Å²) in [6.45, 7) is 8.01. The molecule has 2 aromatic rings. The van der Waals surface area contributed by atoms with E-state index in [9.17, 15) is 9.59 Å². The van der Waals surface area contributed by atoms with Crippen LogP contribution >= 0.6 is 11.6 Å². The van der Waals surface area contributed by atoms with E-state index in [1.54, 1.807) is 17.0 Å². The van der Waals surface area contributed by atoms with E-state index in [1.165, 1.54) is 0 Å². The Morgan fingerprint density at radius 2 is 1.80 bits per heavy atom. The van der Waals surface area contributed by atoms with Gasteiger partial charge in [0.25, 0.3) is 5.91 Å². The number of carbonyl (C=O) groups excluding carboxylic acids is 2. The molecule has 2 atom stereocenters. The van der Waals surface area contributed by atoms with E-state index in [4.69, 9.17) is 16.3 Å². The first-order valence-corrected chi connectivity index (χ1v) is 10.8. The van der Waals surface area contributed by atoms with Gasteiger partial charge in [-0.15, -0.1) is 0 Å². The van der Waals surface area contributed by atoms with Crippen molar-refractivity contribution >= 4 is 23.4 Å². The van der Waals surface area contributed by atoms with Gasteiger partial charge in [-0.2, -0.15) is 0 Å². The molecular weight excluding hydrogens is 400 g/mol. The Labute approximate surface area is 184 Å². The number of benzene rings is 2. The topological polar surface area (TPSA) is 58.6 Å². The van der Waals surface area contributed by atoms with Crippen LogP contribution in [0.25, 0.3) is 0 Å². The Kier molecular flexibility index (Phi) is 9.18. The Hall–Kier alpha value is -2.53. The summed E-state index contributed by atoms with van der Waals surface area (Å²) in [6, 6.07) is 14.3. The quantitative estimate of drug-likeness (QED) is 0.591. The van der Waals surface area contributed by atoms with Gasteiger partial charge in [-0.3, -0.25) is 9.59 Å². The number of amides is 2. The lowest BCUT2D eigenvalue weighted by Gasteiger charge is -2.31. The van der Waals surface area contributed by atoms with Crippen LogP contribution in [0.1, 0.15) is 44.7 Å². The average molecular weight is 431 g/mol. The second kappa shape index (κ2) is 11.6. The molecule has 0 unspecified atom stereocenters. The highest BCUT2D eigenvalue weighted by Gasteiger charge is 2.29. The zero-order chi connectivity index (χ0) is 22.1. The molecule has 0 fully saturated rings. The van der Waals surface area contributed by atoms with E-state index in [0.29, 0.717) is 23.7 Å². The zero-order valence-electron chi connectivity index (χ0n) is 18.2. The molecule has 0 aliphatic heterocycles. The number of rotatable bonds is 10. The molecule has 0 saturated heterocycles. The summed E-state index contributed by atoms with van der Waals surface area (Å²) in [5, 5.41) is 3.62. The molecular formula is C24H31ClN2O3. The van der Waals surface area contributed by atoms with Gasteiger partial charge in [-0.1, -0.05) is 49.7 Å². The van der Waals surface area contributed by atoms with Gasteiger partial charge in [0.05, 0.1) is 0 Å². The van der Waals surface area contributed by atoms with Crippen LogP contribution in [0.3, 0.4) is 0 Å². The number of ether oxygens (including phenoxy) is 1. The molecule has 30 heavy (non-hydrogen) atoms. The van der Waals surface area contributed by atoms with Crippen LogP contribution in [0.4, 0.5) is 0 Å². The van der Waals surface area contributed by atoms with Gasteiger partial charge in [0, 0.05) is 17.6 Å². The van der Waals surface area contributed by atoms with Crippen molar-refractivity contribution in [1.82, 2.24) is 10.2 Å². The minimum atomic E-state index is -0.580. The molecule has 2 aromatic carbocycles. The van der Waals surface area contributed by atoms with Crippen LogP contribution < -0.4 is 10.1 Å². The van der Waals surface area contributed by atoms with Gasteiger partial charge in [-0.05, 0) is 62.1 Å². The van der Waals surface area contributed by atoms with Crippen molar-refractivity contribution in [3.8, 4) is 5.75 Å². The molecule has 0 heterocycles. The molecule has 0 saturated carbocycles. The molecule has 5 nitrogen and oxygen atoms in total. The fourth-order valence-corrected chi connectivity index (χ4v) is 3.21. The van der Waals surface area contributed by atoms with Crippen molar-refractivity contribution in [2.45, 2.75) is 59.2 Å². The highest BCUT2D eigenvalue weighted by atomic mass is 35.5. The maximum atomic E-state index is 13.1. The maximum absolute atomic E-state index is 13.1. The van der Waals surface area contributed by atoms with E-state index in [-0.39, 0.29) is 24.5 Å². The smallest absolute Gasteiger partial charge is 0.261 e. The van der Waals surface area contributed by atoms with E-state index in [0.717, 1.165) is 17.5 Å². The third kappa shape index (κ3) is 7.06. The van der Waals surface area contributed by atoms with Crippen LogP contribution in [0.5, 0.6) is 5.75 Å². The number of halogens is 1. The number of hydrogen-bond donors (Lipinski definition) is 1. The summed E-state index contributed by atoms with van der Waals surface area (Å²) < 4.78 is 5.72. The summed E-state index contributed by atoms with van der Waals surface area (Å²) in [4.78, 5) is 27.6. The molecule has 162 valence electrons. The SMILES string of the molecule is CC[C@@H](C)NC(=O)[C@@H](CC)N(Cc1ccc(Cl)cc1)C(=O)COc1cccc(C)c1. The minimum absolute atomic E-state index is 0.0441. The molecule has 2 amide bonds. The first kappa shape index (κ1) is 23.7. The first-order valence-electron chi connectivity index (χ1n) is 10.4. The third-order valence-corrected chi connectivity index (χ3v) is 5.26. The second-order valence-corrected chi connectivity index (χ2v) is 7.93. The van der Waals surface area contributed by atoms with Crippen LogP contribution in [0.15, 0.2) is 48.5 Å². The average Bonchev–Trinajstić information content (AvgIpc) is 2.73. The Morgan fingerprint density at radius 3 is 2.40 bits per heavy atom. The number of carbonyl (C=O) groups is 2. The summed E-state index contributed by atoms with van der Waals surface area (Å²) in [5.41, 5.74) is 1.95. The summed E-state index contributed by atoms with van der Waals surface area (Å²) >= 11 is 5.99. The van der Waals surface area contributed by atoms with Crippen molar-refractivity contribution in [2.75, 3.05) is 6.61 Å². The van der Waals surface area contributed by atoms with Crippen molar-refractivity contribution in [1.29, 1.82) is 0 Å². The fourth-order valence-electron chi connectivity index (χ4n) is 3.08. The zero-order valence-corrected chi connectivity index (χ0v) is 18.9. The van der Waals surface area contributed by atoms with Crippen molar-refractivity contribution in [2.24, 2.45) is 0 Å². The highest BCUT2D eigenvalue weighted by Crippen LogP contribution is 2.17. The summed E-state index contributed by atoms with van der Waals surface area (Å²) in [7, 11) is 0. The number of aryl methyl sites for hydroxylation is 1. The highest BCUT2D eigenvalue weighted by molar-refractivity contribution is 6.30. The van der Waals surface area contributed by atoms with Gasteiger partial charge >= 0.3 is 0 Å². The second-order valence-electron chi connectivity index (χ2n) is 7.50.